The summed E-state index contributed by atoms with van der Waals surface area (Å²) < 4.78 is 11.5. The van der Waals surface area contributed by atoms with Gasteiger partial charge in [0.2, 0.25) is 0 Å². The minimum atomic E-state index is -0.0848. The predicted octanol–water partition coefficient (Wildman–Crippen LogP) is 1.90. The average Bonchev–Trinajstić information content (AvgIpc) is 3.08. The Hall–Kier alpha value is -0.450. The molecule has 0 amide bonds. The van der Waals surface area contributed by atoms with Crippen molar-refractivity contribution in [3.8, 4) is 0 Å². The lowest BCUT2D eigenvalue weighted by atomic mass is 9.72. The molecule has 2 heterocycles. The number of carbonyl (C=O) groups excluding carboxylic acids is 1. The lowest BCUT2D eigenvalue weighted by molar-refractivity contribution is -0.160. The van der Waals surface area contributed by atoms with Crippen LogP contribution in [0.3, 0.4) is 0 Å². The summed E-state index contributed by atoms with van der Waals surface area (Å²) in [5.74, 6) is 1.96. The van der Waals surface area contributed by atoms with E-state index in [1.807, 2.05) is 0 Å². The SMILES string of the molecule is NC1C2CCC(C2)C1C(=O)C1CCOC2(CCOCC2)C1. The smallest absolute Gasteiger partial charge is 0.141 e. The molecule has 2 aliphatic heterocycles. The molecule has 2 aliphatic carbocycles. The van der Waals surface area contributed by atoms with Crippen LogP contribution < -0.4 is 5.73 Å². The summed E-state index contributed by atoms with van der Waals surface area (Å²) in [5, 5.41) is 0. The van der Waals surface area contributed by atoms with Gasteiger partial charge in [-0.15, -0.1) is 0 Å². The minimum Gasteiger partial charge on any atom is -0.381 e. The van der Waals surface area contributed by atoms with E-state index in [-0.39, 0.29) is 23.5 Å². The van der Waals surface area contributed by atoms with Crippen molar-refractivity contribution >= 4 is 5.78 Å². The molecule has 2 N–H and O–H groups in total. The third-order valence-electron chi connectivity index (χ3n) is 6.61. The summed E-state index contributed by atoms with van der Waals surface area (Å²) in [6, 6.07) is 0.129. The number of hydrogen-bond acceptors (Lipinski definition) is 4. The van der Waals surface area contributed by atoms with E-state index in [0.29, 0.717) is 17.6 Å². The molecule has 118 valence electrons. The fraction of sp³-hybridized carbons (Fsp3) is 0.941. The molecule has 0 radical (unpaired) electrons. The first-order valence-electron chi connectivity index (χ1n) is 8.70. The van der Waals surface area contributed by atoms with Gasteiger partial charge in [0.25, 0.3) is 0 Å². The molecule has 4 nitrogen and oxygen atoms in total. The van der Waals surface area contributed by atoms with Gasteiger partial charge in [-0.1, -0.05) is 0 Å². The van der Waals surface area contributed by atoms with E-state index in [2.05, 4.69) is 0 Å². The van der Waals surface area contributed by atoms with Gasteiger partial charge < -0.3 is 15.2 Å². The lowest BCUT2D eigenvalue weighted by Gasteiger charge is -2.44. The van der Waals surface area contributed by atoms with Crippen LogP contribution in [0.2, 0.25) is 0 Å². The van der Waals surface area contributed by atoms with Crippen LogP contribution in [0.15, 0.2) is 0 Å². The highest BCUT2D eigenvalue weighted by Gasteiger charge is 2.51. The molecule has 2 saturated heterocycles. The topological polar surface area (TPSA) is 61.6 Å². The Morgan fingerprint density at radius 3 is 2.52 bits per heavy atom. The second-order valence-electron chi connectivity index (χ2n) is 7.67. The van der Waals surface area contributed by atoms with Gasteiger partial charge in [0, 0.05) is 37.7 Å². The highest BCUT2D eigenvalue weighted by Crippen LogP contribution is 2.50. The maximum Gasteiger partial charge on any atom is 0.141 e. The molecule has 5 atom stereocenters. The zero-order valence-electron chi connectivity index (χ0n) is 12.8. The fourth-order valence-corrected chi connectivity index (χ4v) is 5.39. The number of hydrogen-bond donors (Lipinski definition) is 1. The van der Waals surface area contributed by atoms with Crippen LogP contribution >= 0.6 is 0 Å². The molecule has 0 aromatic carbocycles. The Kier molecular flexibility index (Phi) is 3.59. The molecule has 4 fully saturated rings. The van der Waals surface area contributed by atoms with Gasteiger partial charge in [0.15, 0.2) is 0 Å². The van der Waals surface area contributed by atoms with Crippen LogP contribution in [0.4, 0.5) is 0 Å². The molecule has 0 aromatic heterocycles. The molecule has 21 heavy (non-hydrogen) atoms. The van der Waals surface area contributed by atoms with Crippen molar-refractivity contribution in [3.63, 3.8) is 0 Å². The Balaban J connectivity index is 1.47. The maximum absolute atomic E-state index is 13.1. The minimum absolute atomic E-state index is 0.0848. The normalized spacial score (nSPS) is 45.1. The summed E-state index contributed by atoms with van der Waals surface area (Å²) in [4.78, 5) is 13.1. The second-order valence-corrected chi connectivity index (χ2v) is 7.67. The van der Waals surface area contributed by atoms with E-state index in [1.54, 1.807) is 0 Å². The van der Waals surface area contributed by atoms with Gasteiger partial charge >= 0.3 is 0 Å². The predicted molar refractivity (Wildman–Crippen MR) is 78.8 cm³/mol. The largest absolute Gasteiger partial charge is 0.381 e. The van der Waals surface area contributed by atoms with Crippen molar-refractivity contribution in [1.29, 1.82) is 0 Å². The maximum atomic E-state index is 13.1. The number of nitrogens with two attached hydrogens (primary N) is 1. The number of ketones is 1. The van der Waals surface area contributed by atoms with E-state index in [9.17, 15) is 4.79 Å². The quantitative estimate of drug-likeness (QED) is 0.845. The Morgan fingerprint density at radius 1 is 1.05 bits per heavy atom. The van der Waals surface area contributed by atoms with Crippen LogP contribution in [-0.2, 0) is 14.3 Å². The second kappa shape index (κ2) is 5.32. The van der Waals surface area contributed by atoms with Crippen LogP contribution in [0, 0.1) is 23.7 Å². The number of Topliss-reactive ketones (excluding diaryl/α,β-unsaturated/α-hetero) is 1. The Morgan fingerprint density at radius 2 is 1.81 bits per heavy atom. The zero-order chi connectivity index (χ0) is 14.4. The number of rotatable bonds is 2. The van der Waals surface area contributed by atoms with Gasteiger partial charge in [0.05, 0.1) is 5.60 Å². The van der Waals surface area contributed by atoms with Gasteiger partial charge in [-0.25, -0.2) is 0 Å². The zero-order valence-corrected chi connectivity index (χ0v) is 12.8. The van der Waals surface area contributed by atoms with Crippen LogP contribution in [0.25, 0.3) is 0 Å². The van der Waals surface area contributed by atoms with Crippen molar-refractivity contribution in [2.75, 3.05) is 19.8 Å². The first kappa shape index (κ1) is 14.2. The number of ether oxygens (including phenoxy) is 2. The average molecular weight is 293 g/mol. The van der Waals surface area contributed by atoms with E-state index in [1.165, 1.54) is 19.3 Å². The lowest BCUT2D eigenvalue weighted by Crippen LogP contribution is -2.49. The van der Waals surface area contributed by atoms with Gasteiger partial charge in [-0.05, 0) is 56.8 Å². The van der Waals surface area contributed by atoms with E-state index in [4.69, 9.17) is 15.2 Å². The first-order valence-corrected chi connectivity index (χ1v) is 8.70. The molecule has 4 aliphatic rings. The van der Waals surface area contributed by atoms with Crippen LogP contribution in [-0.4, -0.2) is 37.2 Å². The summed E-state index contributed by atoms with van der Waals surface area (Å²) >= 11 is 0. The molecule has 0 aromatic rings. The number of carbonyl (C=O) groups is 1. The van der Waals surface area contributed by atoms with Crippen molar-refractivity contribution in [3.05, 3.63) is 0 Å². The molecule has 2 saturated carbocycles. The van der Waals surface area contributed by atoms with Gasteiger partial charge in [-0.2, -0.15) is 0 Å². The van der Waals surface area contributed by atoms with E-state index < -0.39 is 0 Å². The summed E-state index contributed by atoms with van der Waals surface area (Å²) in [6.07, 6.45) is 7.33. The monoisotopic (exact) mass is 293 g/mol. The first-order chi connectivity index (χ1) is 10.2. The van der Waals surface area contributed by atoms with Crippen molar-refractivity contribution in [2.45, 2.75) is 56.6 Å². The summed E-state index contributed by atoms with van der Waals surface area (Å²) in [5.41, 5.74) is 6.28. The fourth-order valence-electron chi connectivity index (χ4n) is 5.39. The Labute approximate surface area is 126 Å². The molecular formula is C17H27NO3. The molecule has 2 bridgehead atoms. The number of fused-ring (bicyclic) bond motifs is 2. The van der Waals surface area contributed by atoms with Crippen molar-refractivity contribution in [2.24, 2.45) is 29.4 Å². The molecule has 4 rings (SSSR count). The Bertz CT molecular complexity index is 411. The van der Waals surface area contributed by atoms with E-state index >= 15 is 0 Å². The standard InChI is InChI=1S/C17H27NO3/c18-15-12-2-1-11(9-12)14(15)16(19)13-3-6-21-17(10-13)4-7-20-8-5-17/h11-15H,1-10,18H2. The molecular weight excluding hydrogens is 266 g/mol. The third-order valence-corrected chi connectivity index (χ3v) is 6.61. The van der Waals surface area contributed by atoms with Crippen LogP contribution in [0.5, 0.6) is 0 Å². The van der Waals surface area contributed by atoms with Crippen LogP contribution in [0.1, 0.15) is 44.9 Å². The summed E-state index contributed by atoms with van der Waals surface area (Å²) in [6.45, 7) is 2.27. The molecule has 5 unspecified atom stereocenters. The third kappa shape index (κ3) is 2.36. The highest BCUT2D eigenvalue weighted by atomic mass is 16.5. The van der Waals surface area contributed by atoms with Crippen molar-refractivity contribution < 1.29 is 14.3 Å². The van der Waals surface area contributed by atoms with Gasteiger partial charge in [0.1, 0.15) is 5.78 Å². The highest BCUT2D eigenvalue weighted by molar-refractivity contribution is 5.85. The van der Waals surface area contributed by atoms with Gasteiger partial charge in [-0.3, -0.25) is 4.79 Å². The van der Waals surface area contributed by atoms with Crippen molar-refractivity contribution in [1.82, 2.24) is 0 Å². The molecule has 1 spiro atoms. The summed E-state index contributed by atoms with van der Waals surface area (Å²) in [7, 11) is 0. The van der Waals surface area contributed by atoms with E-state index in [0.717, 1.165) is 45.5 Å². The molecule has 4 heteroatoms.